The quantitative estimate of drug-likeness (QED) is 0.938. The van der Waals surface area contributed by atoms with Gasteiger partial charge in [0.25, 0.3) is 0 Å². The van der Waals surface area contributed by atoms with Crippen LogP contribution in [-0.2, 0) is 11.3 Å². The van der Waals surface area contributed by atoms with Gasteiger partial charge >= 0.3 is 0 Å². The minimum Gasteiger partial charge on any atom is -0.412 e. The summed E-state index contributed by atoms with van der Waals surface area (Å²) in [6, 6.07) is 22.2. The molecule has 2 rings (SSSR count). The highest BCUT2D eigenvalue weighted by atomic mass is 16.5. The summed E-state index contributed by atoms with van der Waals surface area (Å²) in [6.07, 6.45) is 0. The first-order valence-corrected chi connectivity index (χ1v) is 6.55. The molecular weight excluding hydrogens is 250 g/mol. The smallest absolute Gasteiger partial charge is 0.0716 e. The van der Waals surface area contributed by atoms with Crippen LogP contribution in [-0.4, -0.2) is 26.2 Å². The molecule has 0 saturated carbocycles. The lowest BCUT2D eigenvalue weighted by Crippen LogP contribution is -1.90. The fourth-order valence-electron chi connectivity index (χ4n) is 1.18. The van der Waals surface area contributed by atoms with E-state index in [0.29, 0.717) is 0 Å². The molecule has 0 radical (unpaired) electrons. The van der Waals surface area contributed by atoms with Gasteiger partial charge in [-0.15, -0.1) is 0 Å². The molecule has 0 aliphatic heterocycles. The molecular formula is C17H27NO2. The summed E-state index contributed by atoms with van der Waals surface area (Å²) in [7, 11) is 3.75. The Morgan fingerprint density at radius 1 is 0.800 bits per heavy atom. The van der Waals surface area contributed by atoms with Crippen molar-refractivity contribution in [2.45, 2.75) is 13.5 Å². The van der Waals surface area contributed by atoms with E-state index >= 15 is 0 Å². The zero-order valence-corrected chi connectivity index (χ0v) is 12.7. The summed E-state index contributed by atoms with van der Waals surface area (Å²) in [5, 5.41) is 2.75. The molecule has 0 unspecified atom stereocenters. The average molecular weight is 277 g/mol. The topological polar surface area (TPSA) is 52.8 Å². The van der Waals surface area contributed by atoms with Gasteiger partial charge in [-0.1, -0.05) is 66.7 Å². The van der Waals surface area contributed by atoms with Gasteiger partial charge in [0, 0.05) is 6.61 Å². The van der Waals surface area contributed by atoms with Gasteiger partial charge < -0.3 is 15.5 Å². The molecule has 0 heterocycles. The van der Waals surface area contributed by atoms with Gasteiger partial charge in [-0.05, 0) is 26.6 Å². The van der Waals surface area contributed by atoms with E-state index in [4.69, 9.17) is 4.74 Å². The zero-order chi connectivity index (χ0) is 14.2. The fraction of sp³-hybridized carbons (Fsp3) is 0.294. The van der Waals surface area contributed by atoms with Crippen LogP contribution < -0.4 is 5.32 Å². The van der Waals surface area contributed by atoms with Crippen LogP contribution in [0.15, 0.2) is 66.7 Å². The van der Waals surface area contributed by atoms with Crippen molar-refractivity contribution in [1.29, 1.82) is 0 Å². The minimum absolute atomic E-state index is 0. The van der Waals surface area contributed by atoms with E-state index in [1.165, 1.54) is 5.56 Å². The van der Waals surface area contributed by atoms with Crippen molar-refractivity contribution in [3.63, 3.8) is 0 Å². The van der Waals surface area contributed by atoms with E-state index in [9.17, 15) is 0 Å². The molecule has 3 nitrogen and oxygen atoms in total. The lowest BCUT2D eigenvalue weighted by Gasteiger charge is -1.98. The number of rotatable bonds is 3. The molecule has 20 heavy (non-hydrogen) atoms. The monoisotopic (exact) mass is 277 g/mol. The van der Waals surface area contributed by atoms with Crippen LogP contribution in [0.3, 0.4) is 0 Å². The van der Waals surface area contributed by atoms with E-state index in [1.54, 1.807) is 0 Å². The van der Waals surface area contributed by atoms with E-state index in [2.05, 4.69) is 17.4 Å². The second kappa shape index (κ2) is 17.3. The molecule has 0 atom stereocenters. The molecule has 0 bridgehead atoms. The third-order valence-corrected chi connectivity index (χ3v) is 1.98. The van der Waals surface area contributed by atoms with Crippen molar-refractivity contribution in [3.05, 3.63) is 72.3 Å². The van der Waals surface area contributed by atoms with Crippen molar-refractivity contribution < 1.29 is 10.2 Å². The van der Waals surface area contributed by atoms with E-state index in [0.717, 1.165) is 13.2 Å². The van der Waals surface area contributed by atoms with E-state index < -0.39 is 0 Å². The van der Waals surface area contributed by atoms with E-state index in [1.807, 2.05) is 75.6 Å². The predicted molar refractivity (Wildman–Crippen MR) is 86.8 cm³/mol. The van der Waals surface area contributed by atoms with Gasteiger partial charge in [0.1, 0.15) is 0 Å². The molecule has 3 heteroatoms. The van der Waals surface area contributed by atoms with Crippen LogP contribution in [0.5, 0.6) is 0 Å². The van der Waals surface area contributed by atoms with Gasteiger partial charge in [-0.25, -0.2) is 0 Å². The third kappa shape index (κ3) is 14.4. The van der Waals surface area contributed by atoms with Gasteiger partial charge in [0.2, 0.25) is 0 Å². The Morgan fingerprint density at radius 2 is 1.15 bits per heavy atom. The fourth-order valence-corrected chi connectivity index (χ4v) is 1.18. The predicted octanol–water partition coefficient (Wildman–Crippen LogP) is 2.92. The Morgan fingerprint density at radius 3 is 1.50 bits per heavy atom. The summed E-state index contributed by atoms with van der Waals surface area (Å²) < 4.78 is 5.22. The lowest BCUT2D eigenvalue weighted by molar-refractivity contribution is 0.134. The Kier molecular flexibility index (Phi) is 17.9. The average Bonchev–Trinajstić information content (AvgIpc) is 2.49. The van der Waals surface area contributed by atoms with Crippen LogP contribution in [0.25, 0.3) is 0 Å². The summed E-state index contributed by atoms with van der Waals surface area (Å²) in [5.74, 6) is 0. The molecule has 0 spiro atoms. The van der Waals surface area contributed by atoms with Crippen LogP contribution in [0.4, 0.5) is 0 Å². The summed E-state index contributed by atoms with van der Waals surface area (Å²) in [6.45, 7) is 3.52. The molecule has 0 saturated heterocycles. The zero-order valence-electron chi connectivity index (χ0n) is 12.7. The van der Waals surface area contributed by atoms with Gasteiger partial charge in [-0.2, -0.15) is 0 Å². The van der Waals surface area contributed by atoms with Gasteiger partial charge in [0.15, 0.2) is 0 Å². The first kappa shape index (κ1) is 20.6. The minimum atomic E-state index is 0. The van der Waals surface area contributed by atoms with Gasteiger partial charge in [-0.3, -0.25) is 0 Å². The number of ether oxygens (including phenoxy) is 1. The van der Waals surface area contributed by atoms with Crippen molar-refractivity contribution in [2.75, 3.05) is 20.7 Å². The summed E-state index contributed by atoms with van der Waals surface area (Å²) in [4.78, 5) is 0. The molecule has 2 aromatic carbocycles. The molecule has 0 aliphatic rings. The second-order valence-electron chi connectivity index (χ2n) is 3.78. The molecule has 0 aliphatic carbocycles. The van der Waals surface area contributed by atoms with Gasteiger partial charge in [0.05, 0.1) is 6.61 Å². The molecule has 3 N–H and O–H groups in total. The normalized spacial score (nSPS) is 8.15. The Balaban J connectivity index is 0. The highest BCUT2D eigenvalue weighted by Crippen LogP contribution is 1.99. The Hall–Kier alpha value is -1.68. The molecule has 0 aromatic heterocycles. The summed E-state index contributed by atoms with van der Waals surface area (Å²) in [5.41, 5.74) is 1.24. The summed E-state index contributed by atoms with van der Waals surface area (Å²) >= 11 is 0. The standard InChI is InChI=1S/C9H12O.C6H6.C2H7N.H2O/c1-2-10-8-9-6-4-3-5-7-9;1-2-4-6-5-3-1;1-3-2;/h3-7H,2,8H2,1H3;1-6H;3H,1-2H3;1H2. The lowest BCUT2D eigenvalue weighted by atomic mass is 10.2. The maximum Gasteiger partial charge on any atom is 0.0716 e. The van der Waals surface area contributed by atoms with Crippen molar-refractivity contribution in [2.24, 2.45) is 0 Å². The maximum absolute atomic E-state index is 5.22. The molecule has 0 amide bonds. The van der Waals surface area contributed by atoms with Crippen molar-refractivity contribution >= 4 is 0 Å². The molecule has 0 fully saturated rings. The molecule has 2 aromatic rings. The maximum atomic E-state index is 5.22. The van der Waals surface area contributed by atoms with E-state index in [-0.39, 0.29) is 5.48 Å². The van der Waals surface area contributed by atoms with Crippen LogP contribution >= 0.6 is 0 Å². The first-order valence-electron chi connectivity index (χ1n) is 6.55. The number of benzene rings is 2. The van der Waals surface area contributed by atoms with Crippen molar-refractivity contribution in [3.8, 4) is 0 Å². The largest absolute Gasteiger partial charge is 0.412 e. The SMILES string of the molecule is CCOCc1ccccc1.CNC.O.c1ccccc1. The Bertz CT molecular complexity index is 339. The number of nitrogens with one attached hydrogen (secondary N) is 1. The molecule has 112 valence electrons. The highest BCUT2D eigenvalue weighted by Gasteiger charge is 1.86. The number of hydrogen-bond acceptors (Lipinski definition) is 2. The second-order valence-corrected chi connectivity index (χ2v) is 3.78. The highest BCUT2D eigenvalue weighted by molar-refractivity contribution is 5.13. The third-order valence-electron chi connectivity index (χ3n) is 1.98. The first-order chi connectivity index (χ1) is 9.35. The van der Waals surface area contributed by atoms with Crippen LogP contribution in [0, 0.1) is 0 Å². The van der Waals surface area contributed by atoms with Crippen LogP contribution in [0.2, 0.25) is 0 Å². The van der Waals surface area contributed by atoms with Crippen LogP contribution in [0.1, 0.15) is 12.5 Å². The number of hydrogen-bond donors (Lipinski definition) is 1. The van der Waals surface area contributed by atoms with Crippen molar-refractivity contribution in [1.82, 2.24) is 5.32 Å². The Labute approximate surface area is 122 Å².